The molecule has 114 valence electrons. The van der Waals surface area contributed by atoms with Crippen molar-refractivity contribution in [3.05, 3.63) is 23.7 Å². The van der Waals surface area contributed by atoms with Gasteiger partial charge in [-0.1, -0.05) is 6.42 Å². The zero-order chi connectivity index (χ0) is 14.8. The van der Waals surface area contributed by atoms with Crippen LogP contribution in [0.1, 0.15) is 50.7 Å². The van der Waals surface area contributed by atoms with Gasteiger partial charge in [0.15, 0.2) is 11.6 Å². The Bertz CT molecular complexity index is 595. The zero-order valence-electron chi connectivity index (χ0n) is 13.2. The highest BCUT2D eigenvalue weighted by Gasteiger charge is 2.22. The summed E-state index contributed by atoms with van der Waals surface area (Å²) in [6.07, 6.45) is 3.94. The van der Waals surface area contributed by atoms with Crippen LogP contribution in [0.15, 0.2) is 16.5 Å². The molecule has 0 saturated carbocycles. The van der Waals surface area contributed by atoms with Gasteiger partial charge in [0.1, 0.15) is 11.6 Å². The van der Waals surface area contributed by atoms with E-state index in [1.165, 1.54) is 32.4 Å². The molecule has 1 aliphatic rings. The molecule has 1 aliphatic heterocycles. The second-order valence-corrected chi connectivity index (χ2v) is 5.77. The van der Waals surface area contributed by atoms with Crippen molar-refractivity contribution in [3.8, 4) is 11.6 Å². The fraction of sp³-hybridized carbons (Fsp3) is 0.625. The molecular formula is C16H24N4O. The molecule has 0 amide bonds. The molecule has 1 atom stereocenters. The summed E-state index contributed by atoms with van der Waals surface area (Å²) in [5, 5.41) is 4.38. The SMILES string of the molecule is CCn1nc(C)nc1-c1ccc(C(C)N2CCCCC2)o1. The quantitative estimate of drug-likeness (QED) is 0.865. The van der Waals surface area contributed by atoms with Crippen LogP contribution >= 0.6 is 0 Å². The summed E-state index contributed by atoms with van der Waals surface area (Å²) >= 11 is 0. The van der Waals surface area contributed by atoms with Crippen LogP contribution < -0.4 is 0 Å². The summed E-state index contributed by atoms with van der Waals surface area (Å²) < 4.78 is 7.97. The van der Waals surface area contributed by atoms with Crippen LogP contribution in [-0.4, -0.2) is 32.8 Å². The van der Waals surface area contributed by atoms with Gasteiger partial charge >= 0.3 is 0 Å². The highest BCUT2D eigenvalue weighted by Crippen LogP contribution is 2.29. The third kappa shape index (κ3) is 2.88. The maximum Gasteiger partial charge on any atom is 0.194 e. The van der Waals surface area contributed by atoms with Gasteiger partial charge in [0.2, 0.25) is 0 Å². The van der Waals surface area contributed by atoms with Gasteiger partial charge in [0.25, 0.3) is 0 Å². The Morgan fingerprint density at radius 3 is 2.71 bits per heavy atom. The van der Waals surface area contributed by atoms with Crippen LogP contribution in [0.25, 0.3) is 11.6 Å². The Balaban J connectivity index is 1.82. The maximum absolute atomic E-state index is 6.08. The van der Waals surface area contributed by atoms with Crippen molar-refractivity contribution in [1.82, 2.24) is 19.7 Å². The van der Waals surface area contributed by atoms with E-state index in [4.69, 9.17) is 4.42 Å². The normalized spacial score (nSPS) is 18.0. The molecule has 1 saturated heterocycles. The molecule has 5 heteroatoms. The van der Waals surface area contributed by atoms with Crippen molar-refractivity contribution in [2.75, 3.05) is 13.1 Å². The van der Waals surface area contributed by atoms with E-state index in [1.54, 1.807) is 0 Å². The van der Waals surface area contributed by atoms with E-state index in [1.807, 2.05) is 17.7 Å². The van der Waals surface area contributed by atoms with E-state index in [-0.39, 0.29) is 0 Å². The number of likely N-dealkylation sites (tertiary alicyclic amines) is 1. The lowest BCUT2D eigenvalue weighted by Crippen LogP contribution is -2.32. The Hall–Kier alpha value is -1.62. The number of piperidine rings is 1. The summed E-state index contributed by atoms with van der Waals surface area (Å²) in [5.74, 6) is 3.45. The molecule has 3 heterocycles. The smallest absolute Gasteiger partial charge is 0.194 e. The topological polar surface area (TPSA) is 47.1 Å². The summed E-state index contributed by atoms with van der Waals surface area (Å²) in [5.41, 5.74) is 0. The van der Waals surface area contributed by atoms with Crippen molar-refractivity contribution in [3.63, 3.8) is 0 Å². The summed E-state index contributed by atoms with van der Waals surface area (Å²) in [6, 6.07) is 4.43. The van der Waals surface area contributed by atoms with Gasteiger partial charge in [-0.25, -0.2) is 9.67 Å². The van der Waals surface area contributed by atoms with Crippen LogP contribution in [0.2, 0.25) is 0 Å². The monoisotopic (exact) mass is 288 g/mol. The average molecular weight is 288 g/mol. The molecule has 21 heavy (non-hydrogen) atoms. The molecule has 0 aliphatic carbocycles. The summed E-state index contributed by atoms with van der Waals surface area (Å²) in [4.78, 5) is 6.98. The van der Waals surface area contributed by atoms with Gasteiger partial charge in [-0.2, -0.15) is 5.10 Å². The Kier molecular flexibility index (Phi) is 4.10. The van der Waals surface area contributed by atoms with E-state index < -0.39 is 0 Å². The predicted octanol–water partition coefficient (Wildman–Crippen LogP) is 3.41. The lowest BCUT2D eigenvalue weighted by Gasteiger charge is -2.31. The van der Waals surface area contributed by atoms with Gasteiger partial charge in [0.05, 0.1) is 6.04 Å². The Labute approximate surface area is 126 Å². The molecule has 1 fully saturated rings. The van der Waals surface area contributed by atoms with Gasteiger partial charge < -0.3 is 4.42 Å². The molecule has 0 bridgehead atoms. The number of hydrogen-bond donors (Lipinski definition) is 0. The first-order chi connectivity index (χ1) is 10.2. The van der Waals surface area contributed by atoms with E-state index >= 15 is 0 Å². The van der Waals surface area contributed by atoms with E-state index in [0.717, 1.165) is 29.7 Å². The number of nitrogens with zero attached hydrogens (tertiary/aromatic N) is 4. The van der Waals surface area contributed by atoms with Crippen LogP contribution in [0, 0.1) is 6.92 Å². The molecule has 0 N–H and O–H groups in total. The van der Waals surface area contributed by atoms with Crippen LogP contribution in [0.4, 0.5) is 0 Å². The Morgan fingerprint density at radius 1 is 1.24 bits per heavy atom. The molecular weight excluding hydrogens is 264 g/mol. The third-order valence-electron chi connectivity index (χ3n) is 4.27. The third-order valence-corrected chi connectivity index (χ3v) is 4.27. The largest absolute Gasteiger partial charge is 0.456 e. The minimum atomic E-state index is 0.332. The van der Waals surface area contributed by atoms with Crippen molar-refractivity contribution in [1.29, 1.82) is 0 Å². The standard InChI is InChI=1S/C16H24N4O/c1-4-20-16(17-13(3)18-20)15-9-8-14(21-15)12(2)19-10-6-5-7-11-19/h8-9,12H,4-7,10-11H2,1-3H3. The average Bonchev–Trinajstić information content (AvgIpc) is 3.13. The lowest BCUT2D eigenvalue weighted by molar-refractivity contribution is 0.158. The number of rotatable bonds is 4. The summed E-state index contributed by atoms with van der Waals surface area (Å²) in [7, 11) is 0. The first kappa shape index (κ1) is 14.3. The molecule has 2 aromatic heterocycles. The highest BCUT2D eigenvalue weighted by molar-refractivity contribution is 5.47. The fourth-order valence-corrected chi connectivity index (χ4v) is 3.04. The van der Waals surface area contributed by atoms with Crippen LogP contribution in [-0.2, 0) is 6.54 Å². The van der Waals surface area contributed by atoms with E-state index in [2.05, 4.69) is 34.9 Å². The number of aryl methyl sites for hydroxylation is 2. The minimum absolute atomic E-state index is 0.332. The van der Waals surface area contributed by atoms with E-state index in [0.29, 0.717) is 6.04 Å². The maximum atomic E-state index is 6.08. The number of furan rings is 1. The van der Waals surface area contributed by atoms with Crippen LogP contribution in [0.3, 0.4) is 0 Å². The van der Waals surface area contributed by atoms with E-state index in [9.17, 15) is 0 Å². The molecule has 3 rings (SSSR count). The van der Waals surface area contributed by atoms with Crippen molar-refractivity contribution in [2.45, 2.75) is 52.6 Å². The van der Waals surface area contributed by atoms with Gasteiger partial charge in [-0.05, 0) is 58.8 Å². The second kappa shape index (κ2) is 6.02. The molecule has 0 aromatic carbocycles. The molecule has 0 spiro atoms. The molecule has 2 aromatic rings. The van der Waals surface area contributed by atoms with Gasteiger partial charge in [-0.15, -0.1) is 0 Å². The highest BCUT2D eigenvalue weighted by atomic mass is 16.3. The minimum Gasteiger partial charge on any atom is -0.456 e. The first-order valence-electron chi connectivity index (χ1n) is 7.94. The van der Waals surface area contributed by atoms with Gasteiger partial charge in [-0.3, -0.25) is 4.90 Å². The molecule has 1 unspecified atom stereocenters. The van der Waals surface area contributed by atoms with Crippen LogP contribution in [0.5, 0.6) is 0 Å². The zero-order valence-corrected chi connectivity index (χ0v) is 13.2. The molecule has 0 radical (unpaired) electrons. The molecule has 5 nitrogen and oxygen atoms in total. The first-order valence-corrected chi connectivity index (χ1v) is 7.94. The van der Waals surface area contributed by atoms with Crippen molar-refractivity contribution in [2.24, 2.45) is 0 Å². The fourth-order valence-electron chi connectivity index (χ4n) is 3.04. The summed E-state index contributed by atoms with van der Waals surface area (Å²) in [6.45, 7) is 9.34. The van der Waals surface area contributed by atoms with Crippen molar-refractivity contribution < 1.29 is 4.42 Å². The predicted molar refractivity (Wildman–Crippen MR) is 82.0 cm³/mol. The number of aromatic nitrogens is 3. The Morgan fingerprint density at radius 2 is 2.00 bits per heavy atom. The van der Waals surface area contributed by atoms with Gasteiger partial charge in [0, 0.05) is 6.54 Å². The second-order valence-electron chi connectivity index (χ2n) is 5.77. The number of hydrogen-bond acceptors (Lipinski definition) is 4. The van der Waals surface area contributed by atoms with Crippen molar-refractivity contribution >= 4 is 0 Å². The lowest BCUT2D eigenvalue weighted by atomic mass is 10.1.